The minimum absolute atomic E-state index is 0.142. The van der Waals surface area contributed by atoms with E-state index in [-0.39, 0.29) is 29.6 Å². The van der Waals surface area contributed by atoms with Crippen molar-refractivity contribution < 1.29 is 19.1 Å². The normalized spacial score (nSPS) is 26.1. The van der Waals surface area contributed by atoms with E-state index in [1.54, 1.807) is 0 Å². The van der Waals surface area contributed by atoms with E-state index in [0.717, 1.165) is 22.3 Å². The van der Waals surface area contributed by atoms with Gasteiger partial charge >= 0.3 is 5.97 Å². The van der Waals surface area contributed by atoms with E-state index < -0.39 is 23.8 Å². The highest BCUT2D eigenvalue weighted by Gasteiger charge is 2.63. The second-order valence-electron chi connectivity index (χ2n) is 9.62. The summed E-state index contributed by atoms with van der Waals surface area (Å²) in [5, 5.41) is 0. The first-order valence-electron chi connectivity index (χ1n) is 11.7. The van der Waals surface area contributed by atoms with Crippen molar-refractivity contribution in [3.8, 4) is 0 Å². The maximum atomic E-state index is 13.9. The molecular weight excluding hydrogens is 402 g/mol. The molecule has 32 heavy (non-hydrogen) atoms. The Morgan fingerprint density at radius 3 is 1.69 bits per heavy atom. The van der Waals surface area contributed by atoms with Gasteiger partial charge in [0.1, 0.15) is 6.04 Å². The third kappa shape index (κ3) is 2.94. The summed E-state index contributed by atoms with van der Waals surface area (Å²) in [6, 6.07) is 15.5. The van der Waals surface area contributed by atoms with Gasteiger partial charge in [-0.05, 0) is 41.0 Å². The number of imide groups is 1. The number of benzene rings is 2. The third-order valence-corrected chi connectivity index (χ3v) is 7.21. The van der Waals surface area contributed by atoms with Crippen LogP contribution in [-0.2, 0) is 19.1 Å². The largest absolute Gasteiger partial charge is 0.464 e. The number of carbonyl (C=O) groups excluding carboxylic acids is 3. The predicted molar refractivity (Wildman–Crippen MR) is 120 cm³/mol. The van der Waals surface area contributed by atoms with Crippen LogP contribution in [0.2, 0.25) is 0 Å². The molecule has 1 saturated heterocycles. The molecule has 5 heteroatoms. The Morgan fingerprint density at radius 2 is 1.31 bits per heavy atom. The molecule has 2 aromatic rings. The Labute approximate surface area is 188 Å². The van der Waals surface area contributed by atoms with Crippen molar-refractivity contribution in [3.63, 3.8) is 0 Å². The average Bonchev–Trinajstić information content (AvgIpc) is 3.06. The molecule has 2 amide bonds. The van der Waals surface area contributed by atoms with Gasteiger partial charge in [-0.3, -0.25) is 14.5 Å². The van der Waals surface area contributed by atoms with E-state index in [0.29, 0.717) is 19.4 Å². The molecule has 6 rings (SSSR count). The number of rotatable bonds is 6. The fourth-order valence-corrected chi connectivity index (χ4v) is 6.06. The van der Waals surface area contributed by atoms with Gasteiger partial charge in [0.25, 0.3) is 0 Å². The first kappa shape index (κ1) is 20.9. The van der Waals surface area contributed by atoms with Crippen molar-refractivity contribution in [2.45, 2.75) is 51.5 Å². The van der Waals surface area contributed by atoms with Crippen LogP contribution >= 0.6 is 0 Å². The lowest BCUT2D eigenvalue weighted by molar-refractivity contribution is -0.159. The maximum Gasteiger partial charge on any atom is 0.329 e. The zero-order valence-electron chi connectivity index (χ0n) is 18.8. The maximum absolute atomic E-state index is 13.9. The molecule has 1 heterocycles. The first-order chi connectivity index (χ1) is 15.5. The van der Waals surface area contributed by atoms with E-state index in [9.17, 15) is 14.4 Å². The Hall–Kier alpha value is -2.95. The quantitative estimate of drug-likeness (QED) is 0.507. The van der Waals surface area contributed by atoms with Gasteiger partial charge < -0.3 is 4.74 Å². The lowest BCUT2D eigenvalue weighted by Crippen LogP contribution is -2.47. The van der Waals surface area contributed by atoms with Gasteiger partial charge in [0.05, 0.1) is 18.4 Å². The summed E-state index contributed by atoms with van der Waals surface area (Å²) in [5.41, 5.74) is 4.53. The van der Waals surface area contributed by atoms with Crippen LogP contribution in [0.3, 0.4) is 0 Å². The van der Waals surface area contributed by atoms with Crippen LogP contribution < -0.4 is 0 Å². The van der Waals surface area contributed by atoms with Crippen LogP contribution in [0, 0.1) is 17.8 Å². The molecule has 0 aromatic heterocycles. The first-order valence-corrected chi connectivity index (χ1v) is 11.7. The van der Waals surface area contributed by atoms with E-state index in [4.69, 9.17) is 4.74 Å². The zero-order chi connectivity index (χ0) is 22.6. The smallest absolute Gasteiger partial charge is 0.329 e. The van der Waals surface area contributed by atoms with Crippen molar-refractivity contribution in [2.75, 3.05) is 6.61 Å². The Morgan fingerprint density at radius 1 is 0.875 bits per heavy atom. The molecule has 3 atom stereocenters. The predicted octanol–water partition coefficient (Wildman–Crippen LogP) is 4.25. The van der Waals surface area contributed by atoms with Crippen molar-refractivity contribution >= 4 is 17.8 Å². The number of esters is 1. The third-order valence-electron chi connectivity index (χ3n) is 7.21. The van der Waals surface area contributed by atoms with Crippen LogP contribution in [0.4, 0.5) is 0 Å². The van der Waals surface area contributed by atoms with Crippen molar-refractivity contribution in [1.82, 2.24) is 4.90 Å². The molecule has 0 spiro atoms. The van der Waals surface area contributed by atoms with Gasteiger partial charge in [0.2, 0.25) is 11.8 Å². The number of carbonyl (C=O) groups is 3. The molecule has 2 aromatic carbocycles. The number of amides is 2. The number of ether oxygens (including phenoxy) is 1. The summed E-state index contributed by atoms with van der Waals surface area (Å²) < 4.78 is 5.42. The second kappa shape index (κ2) is 7.88. The summed E-state index contributed by atoms with van der Waals surface area (Å²) in [6.45, 7) is 6.21. The zero-order valence-corrected chi connectivity index (χ0v) is 18.8. The molecule has 2 bridgehead atoms. The SMILES string of the molecule is CCCOC(=O)[C@@H](CC(C)C)N1C(=O)[C@@H]2C3c4ccccc4C(c4ccccc43)[C@@H]2C1=O. The van der Waals surface area contributed by atoms with Gasteiger partial charge in [-0.1, -0.05) is 69.3 Å². The van der Waals surface area contributed by atoms with Crippen LogP contribution in [0.5, 0.6) is 0 Å². The van der Waals surface area contributed by atoms with Crippen molar-refractivity contribution in [3.05, 3.63) is 70.8 Å². The minimum Gasteiger partial charge on any atom is -0.464 e. The van der Waals surface area contributed by atoms with Gasteiger partial charge in [-0.25, -0.2) is 4.79 Å². The molecule has 0 N–H and O–H groups in total. The highest BCUT2D eigenvalue weighted by Crippen LogP contribution is 2.61. The molecule has 0 unspecified atom stereocenters. The number of hydrogen-bond acceptors (Lipinski definition) is 4. The number of likely N-dealkylation sites (tertiary alicyclic amines) is 1. The van der Waals surface area contributed by atoms with E-state index in [2.05, 4.69) is 24.3 Å². The summed E-state index contributed by atoms with van der Waals surface area (Å²) in [4.78, 5) is 42.0. The fraction of sp³-hybridized carbons (Fsp3) is 0.444. The van der Waals surface area contributed by atoms with E-state index in [1.165, 1.54) is 4.90 Å². The van der Waals surface area contributed by atoms with Crippen LogP contribution in [-0.4, -0.2) is 35.3 Å². The number of hydrogen-bond donors (Lipinski definition) is 0. The van der Waals surface area contributed by atoms with Crippen LogP contribution in [0.25, 0.3) is 0 Å². The second-order valence-corrected chi connectivity index (χ2v) is 9.62. The summed E-state index contributed by atoms with van der Waals surface area (Å²) >= 11 is 0. The molecule has 0 saturated carbocycles. The summed E-state index contributed by atoms with van der Waals surface area (Å²) in [5.74, 6) is -2.03. The van der Waals surface area contributed by atoms with Crippen molar-refractivity contribution in [2.24, 2.45) is 17.8 Å². The van der Waals surface area contributed by atoms with Crippen molar-refractivity contribution in [1.29, 1.82) is 0 Å². The molecule has 1 aliphatic heterocycles. The number of nitrogens with zero attached hydrogens (tertiary/aromatic N) is 1. The molecule has 3 aliphatic carbocycles. The highest BCUT2D eigenvalue weighted by molar-refractivity contribution is 6.10. The monoisotopic (exact) mass is 431 g/mol. The van der Waals surface area contributed by atoms with Crippen LogP contribution in [0.15, 0.2) is 48.5 Å². The lowest BCUT2D eigenvalue weighted by atomic mass is 9.55. The topological polar surface area (TPSA) is 63.7 Å². The van der Waals surface area contributed by atoms with Gasteiger partial charge in [-0.2, -0.15) is 0 Å². The van der Waals surface area contributed by atoms with Crippen LogP contribution in [0.1, 0.15) is 67.7 Å². The molecule has 166 valence electrons. The summed E-state index contributed by atoms with van der Waals surface area (Å²) in [6.07, 6.45) is 1.11. The summed E-state index contributed by atoms with van der Waals surface area (Å²) in [7, 11) is 0. The van der Waals surface area contributed by atoms with E-state index >= 15 is 0 Å². The Balaban J connectivity index is 1.60. The lowest BCUT2D eigenvalue weighted by Gasteiger charge is -2.45. The molecule has 0 radical (unpaired) electrons. The molecule has 1 fully saturated rings. The minimum atomic E-state index is -0.863. The molecule has 5 nitrogen and oxygen atoms in total. The standard InChI is InChI=1S/C27H29NO4/c1-4-13-32-27(31)20(14-15(2)3)28-25(29)23-21-16-9-5-6-10-17(16)22(24(23)26(28)30)19-12-8-7-11-18(19)21/h5-12,15,20-24H,4,13-14H2,1-3H3/t20-,21?,22?,23-,24+/m1/s1. The van der Waals surface area contributed by atoms with Gasteiger partial charge in [0, 0.05) is 11.8 Å². The van der Waals surface area contributed by atoms with E-state index in [1.807, 2.05) is 45.0 Å². The average molecular weight is 432 g/mol. The molecular formula is C27H29NO4. The van der Waals surface area contributed by atoms with Gasteiger partial charge in [0.15, 0.2) is 0 Å². The Kier molecular flexibility index (Phi) is 5.15. The molecule has 4 aliphatic rings. The van der Waals surface area contributed by atoms with Gasteiger partial charge in [-0.15, -0.1) is 0 Å². The Bertz CT molecular complexity index is 975. The fourth-order valence-electron chi connectivity index (χ4n) is 6.06. The highest BCUT2D eigenvalue weighted by atomic mass is 16.5.